The Kier molecular flexibility index (Phi) is 7.30. The van der Waals surface area contributed by atoms with Gasteiger partial charge in [-0.05, 0) is 47.4 Å². The van der Waals surface area contributed by atoms with Crippen LogP contribution in [0.15, 0.2) is 66.5 Å². The molecule has 0 fully saturated rings. The highest BCUT2D eigenvalue weighted by Gasteiger charge is 2.34. The summed E-state index contributed by atoms with van der Waals surface area (Å²) in [4.78, 5) is 0. The minimum atomic E-state index is -5.22. The van der Waals surface area contributed by atoms with Crippen molar-refractivity contribution in [3.05, 3.63) is 89.3 Å². The van der Waals surface area contributed by atoms with Crippen LogP contribution in [0.5, 0.6) is 11.5 Å². The summed E-state index contributed by atoms with van der Waals surface area (Å²) in [5, 5.41) is 0. The van der Waals surface area contributed by atoms with E-state index in [1.165, 1.54) is 43.3 Å². The van der Waals surface area contributed by atoms with Gasteiger partial charge in [-0.25, -0.2) is 17.6 Å². The summed E-state index contributed by atoms with van der Waals surface area (Å²) in [6, 6.07) is 13.5. The first-order chi connectivity index (χ1) is 15.6. The zero-order valence-electron chi connectivity index (χ0n) is 17.1. The molecule has 3 rings (SSSR count). The van der Waals surface area contributed by atoms with Crippen molar-refractivity contribution >= 4 is 5.83 Å². The zero-order valence-corrected chi connectivity index (χ0v) is 17.1. The Morgan fingerprint density at radius 1 is 0.818 bits per heavy atom. The minimum Gasteiger partial charge on any atom is -0.489 e. The van der Waals surface area contributed by atoms with Crippen molar-refractivity contribution in [2.24, 2.45) is 0 Å². The highest BCUT2D eigenvalue weighted by atomic mass is 19.4. The third kappa shape index (κ3) is 6.27. The maximum absolute atomic E-state index is 13.9. The molecule has 2 nitrogen and oxygen atoms in total. The van der Waals surface area contributed by atoms with Gasteiger partial charge < -0.3 is 9.47 Å². The Hall–Kier alpha value is -3.49. The number of alkyl halides is 3. The van der Waals surface area contributed by atoms with E-state index < -0.39 is 35.4 Å². The third-order valence-corrected chi connectivity index (χ3v) is 4.57. The summed E-state index contributed by atoms with van der Waals surface area (Å²) in [6.07, 6.45) is -5.27. The fourth-order valence-corrected chi connectivity index (χ4v) is 2.91. The van der Waals surface area contributed by atoms with Crippen molar-refractivity contribution in [3.63, 3.8) is 0 Å². The van der Waals surface area contributed by atoms with Crippen molar-refractivity contribution in [1.82, 2.24) is 0 Å². The van der Waals surface area contributed by atoms with Crippen molar-refractivity contribution < 1.29 is 40.2 Å². The molecule has 0 spiro atoms. The maximum atomic E-state index is 13.9. The molecule has 174 valence electrons. The number of rotatable bonds is 7. The van der Waals surface area contributed by atoms with E-state index >= 15 is 0 Å². The third-order valence-electron chi connectivity index (χ3n) is 4.57. The second kappa shape index (κ2) is 9.97. The molecule has 0 saturated heterocycles. The maximum Gasteiger partial charge on any atom is 0.573 e. The largest absolute Gasteiger partial charge is 0.573 e. The van der Waals surface area contributed by atoms with E-state index in [1.807, 2.05) is 0 Å². The lowest BCUT2D eigenvalue weighted by atomic mass is 10.0. The van der Waals surface area contributed by atoms with E-state index in [0.29, 0.717) is 16.9 Å². The molecular formula is C24H17F7O2. The molecular weight excluding hydrogens is 453 g/mol. The fraction of sp³-hybridized carbons (Fsp3) is 0.167. The van der Waals surface area contributed by atoms with Gasteiger partial charge in [0.15, 0.2) is 17.5 Å². The summed E-state index contributed by atoms with van der Waals surface area (Å²) in [7, 11) is 0. The fourth-order valence-electron chi connectivity index (χ4n) is 2.91. The van der Waals surface area contributed by atoms with Crippen LogP contribution in [-0.4, -0.2) is 6.36 Å². The average molecular weight is 470 g/mol. The summed E-state index contributed by atoms with van der Waals surface area (Å²) in [5.74, 6) is -5.84. The summed E-state index contributed by atoms with van der Waals surface area (Å²) in [5.41, 5.74) is 1.16. The normalized spacial score (nSPS) is 12.4. The molecule has 0 N–H and O–H groups in total. The monoisotopic (exact) mass is 470 g/mol. The highest BCUT2D eigenvalue weighted by molar-refractivity contribution is 5.65. The number of benzene rings is 3. The van der Waals surface area contributed by atoms with Crippen LogP contribution < -0.4 is 9.47 Å². The van der Waals surface area contributed by atoms with Gasteiger partial charge in [0, 0.05) is 5.56 Å². The predicted molar refractivity (Wildman–Crippen MR) is 109 cm³/mol. The molecule has 33 heavy (non-hydrogen) atoms. The second-order valence-corrected chi connectivity index (χ2v) is 6.90. The lowest BCUT2D eigenvalue weighted by Gasteiger charge is -2.12. The molecule has 0 unspecified atom stereocenters. The molecule has 0 bridgehead atoms. The van der Waals surface area contributed by atoms with Gasteiger partial charge in [-0.2, -0.15) is 0 Å². The van der Waals surface area contributed by atoms with E-state index in [4.69, 9.17) is 4.74 Å². The summed E-state index contributed by atoms with van der Waals surface area (Å²) >= 11 is 0. The van der Waals surface area contributed by atoms with Gasteiger partial charge in [0.2, 0.25) is 5.75 Å². The van der Waals surface area contributed by atoms with Gasteiger partial charge in [0.25, 0.3) is 0 Å². The van der Waals surface area contributed by atoms with E-state index in [2.05, 4.69) is 4.74 Å². The molecule has 0 aliphatic heterocycles. The standard InChI is InChI=1S/C24H17F7O2/c1-2-19(25)22(28)16-5-3-14(4-6-16)13-32-18-9-7-15(8-10-18)17-11-20(26)23(21(27)12-17)33-24(29,30)31/h3-12H,2,13H2,1H3/b22-19+. The van der Waals surface area contributed by atoms with Crippen LogP contribution in [0.25, 0.3) is 17.0 Å². The van der Waals surface area contributed by atoms with Crippen LogP contribution >= 0.6 is 0 Å². The van der Waals surface area contributed by atoms with Crippen LogP contribution in [0.1, 0.15) is 24.5 Å². The number of hydrogen-bond donors (Lipinski definition) is 0. The van der Waals surface area contributed by atoms with Crippen LogP contribution in [0.2, 0.25) is 0 Å². The molecule has 0 atom stereocenters. The lowest BCUT2D eigenvalue weighted by molar-refractivity contribution is -0.276. The van der Waals surface area contributed by atoms with Crippen molar-refractivity contribution in [3.8, 4) is 22.6 Å². The van der Waals surface area contributed by atoms with Crippen LogP contribution in [-0.2, 0) is 6.61 Å². The van der Waals surface area contributed by atoms with Gasteiger partial charge in [-0.15, -0.1) is 13.2 Å². The lowest BCUT2D eigenvalue weighted by Crippen LogP contribution is -2.19. The number of hydrogen-bond acceptors (Lipinski definition) is 2. The smallest absolute Gasteiger partial charge is 0.489 e. The Labute approximate surface area is 184 Å². The van der Waals surface area contributed by atoms with E-state index in [-0.39, 0.29) is 24.2 Å². The Morgan fingerprint density at radius 2 is 1.39 bits per heavy atom. The van der Waals surface area contributed by atoms with E-state index in [9.17, 15) is 30.7 Å². The molecule has 0 saturated carbocycles. The van der Waals surface area contributed by atoms with Crippen LogP contribution in [0.4, 0.5) is 30.7 Å². The number of ether oxygens (including phenoxy) is 2. The van der Waals surface area contributed by atoms with E-state index in [0.717, 1.165) is 12.1 Å². The van der Waals surface area contributed by atoms with Crippen molar-refractivity contribution in [2.75, 3.05) is 0 Å². The number of halogens is 7. The molecule has 0 radical (unpaired) electrons. The quantitative estimate of drug-likeness (QED) is 0.325. The molecule has 0 heterocycles. The molecule has 0 aliphatic carbocycles. The van der Waals surface area contributed by atoms with Gasteiger partial charge >= 0.3 is 6.36 Å². The first-order valence-corrected chi connectivity index (χ1v) is 9.69. The second-order valence-electron chi connectivity index (χ2n) is 6.90. The van der Waals surface area contributed by atoms with Crippen LogP contribution in [0.3, 0.4) is 0 Å². The summed E-state index contributed by atoms with van der Waals surface area (Å²) < 4.78 is 101. The summed E-state index contributed by atoms with van der Waals surface area (Å²) in [6.45, 7) is 1.63. The van der Waals surface area contributed by atoms with Gasteiger partial charge in [0.1, 0.15) is 18.2 Å². The molecule has 0 aliphatic rings. The van der Waals surface area contributed by atoms with Gasteiger partial charge in [-0.3, -0.25) is 0 Å². The molecule has 3 aromatic carbocycles. The van der Waals surface area contributed by atoms with Crippen molar-refractivity contribution in [2.45, 2.75) is 26.3 Å². The SMILES string of the molecule is CC/C(F)=C(\F)c1ccc(COc2ccc(-c3cc(F)c(OC(F)(F)F)c(F)c3)cc2)cc1. The van der Waals surface area contributed by atoms with Gasteiger partial charge in [0.05, 0.1) is 0 Å². The van der Waals surface area contributed by atoms with E-state index in [1.54, 1.807) is 12.1 Å². The molecule has 0 aromatic heterocycles. The molecule has 9 heteroatoms. The molecule has 0 amide bonds. The molecule has 3 aromatic rings. The zero-order chi connectivity index (χ0) is 24.2. The topological polar surface area (TPSA) is 18.5 Å². The Morgan fingerprint density at radius 3 is 1.91 bits per heavy atom. The first-order valence-electron chi connectivity index (χ1n) is 9.69. The van der Waals surface area contributed by atoms with Crippen LogP contribution in [0, 0.1) is 11.6 Å². The minimum absolute atomic E-state index is 0.0102. The average Bonchev–Trinajstić information content (AvgIpc) is 2.79. The number of allylic oxidation sites excluding steroid dienone is 1. The Bertz CT molecular complexity index is 1110. The highest BCUT2D eigenvalue weighted by Crippen LogP contribution is 2.33. The predicted octanol–water partition coefficient (Wildman–Crippen LogP) is 8.13. The van der Waals surface area contributed by atoms with Crippen molar-refractivity contribution in [1.29, 1.82) is 0 Å². The Balaban J connectivity index is 1.67. The van der Waals surface area contributed by atoms with Gasteiger partial charge in [-0.1, -0.05) is 43.3 Å². The first kappa shape index (κ1) is 24.2.